The first-order valence-electron chi connectivity index (χ1n) is 8.05. The fourth-order valence-corrected chi connectivity index (χ4v) is 6.35. The molecule has 1 saturated heterocycles. The number of aryl methyl sites for hydroxylation is 1. The highest BCUT2D eigenvalue weighted by molar-refractivity contribution is 8.01. The number of benzene rings is 1. The Bertz CT molecular complexity index is 896. The molecule has 0 unspecified atom stereocenters. The van der Waals surface area contributed by atoms with Crippen LogP contribution in [0.4, 0.5) is 10.8 Å². The predicted octanol–water partition coefficient (Wildman–Crippen LogP) is 2.38. The van der Waals surface area contributed by atoms with E-state index < -0.39 is 15.4 Å². The summed E-state index contributed by atoms with van der Waals surface area (Å²) in [7, 11) is -3.05. The Kier molecular flexibility index (Phi) is 5.54. The van der Waals surface area contributed by atoms with Crippen LogP contribution in [0.15, 0.2) is 28.6 Å². The second-order valence-corrected chi connectivity index (χ2v) is 11.0. The minimum Gasteiger partial charge on any atom is -0.349 e. The van der Waals surface area contributed by atoms with Gasteiger partial charge in [0.1, 0.15) is 0 Å². The van der Waals surface area contributed by atoms with Crippen molar-refractivity contribution in [2.45, 2.75) is 30.1 Å². The van der Waals surface area contributed by atoms with E-state index in [4.69, 9.17) is 0 Å². The van der Waals surface area contributed by atoms with Gasteiger partial charge in [0.15, 0.2) is 14.2 Å². The summed E-state index contributed by atoms with van der Waals surface area (Å²) < 4.78 is 23.9. The highest BCUT2D eigenvalue weighted by atomic mass is 32.2. The minimum absolute atomic E-state index is 0.000166. The third-order valence-corrected chi connectivity index (χ3v) is 7.86. The maximum Gasteiger partial charge on any atom is 0.230 e. The quantitative estimate of drug-likeness (QED) is 0.703. The topological polar surface area (TPSA) is 101 Å². The molecule has 26 heavy (non-hydrogen) atoms. The normalized spacial score (nSPS) is 21.5. The van der Waals surface area contributed by atoms with Crippen LogP contribution in [0, 0.1) is 6.92 Å². The zero-order chi connectivity index (χ0) is 18.8. The van der Waals surface area contributed by atoms with Gasteiger partial charge in [0.25, 0.3) is 0 Å². The van der Waals surface area contributed by atoms with E-state index in [0.717, 1.165) is 5.69 Å². The van der Waals surface area contributed by atoms with E-state index in [1.807, 2.05) is 31.2 Å². The van der Waals surface area contributed by atoms with Gasteiger partial charge in [-0.05, 0) is 32.4 Å². The fourth-order valence-electron chi connectivity index (χ4n) is 2.69. The van der Waals surface area contributed by atoms with Gasteiger partial charge in [0, 0.05) is 5.69 Å². The molecule has 1 atom stereocenters. The van der Waals surface area contributed by atoms with Gasteiger partial charge in [-0.25, -0.2) is 8.42 Å². The number of nitrogens with zero attached hydrogens (tertiary/aromatic N) is 2. The molecule has 2 aromatic rings. The average Bonchev–Trinajstić information content (AvgIpc) is 3.11. The van der Waals surface area contributed by atoms with Crippen LogP contribution in [-0.4, -0.2) is 47.3 Å². The number of aromatic nitrogens is 2. The number of hydrogen-bond acceptors (Lipinski definition) is 8. The van der Waals surface area contributed by atoms with E-state index in [1.165, 1.54) is 28.7 Å². The monoisotopic (exact) mass is 412 g/mol. The summed E-state index contributed by atoms with van der Waals surface area (Å²) in [5.41, 5.74) is 1.44. The molecule has 0 aliphatic carbocycles. The van der Waals surface area contributed by atoms with Crippen LogP contribution in [0.1, 0.15) is 18.9 Å². The zero-order valence-electron chi connectivity index (χ0n) is 14.5. The Morgan fingerprint density at radius 1 is 1.31 bits per heavy atom. The molecular formula is C16H20N4O3S3. The van der Waals surface area contributed by atoms with Gasteiger partial charge >= 0.3 is 0 Å². The Balaban J connectivity index is 1.50. The predicted molar refractivity (Wildman–Crippen MR) is 105 cm³/mol. The van der Waals surface area contributed by atoms with Gasteiger partial charge < -0.3 is 10.6 Å². The van der Waals surface area contributed by atoms with Gasteiger partial charge in [-0.1, -0.05) is 40.8 Å². The zero-order valence-corrected chi connectivity index (χ0v) is 16.9. The second kappa shape index (κ2) is 7.53. The lowest BCUT2D eigenvalue weighted by molar-refractivity contribution is -0.120. The SMILES string of the molecule is Cc1ccc(Nc2nnc(SCC(=O)N[C@@]3(C)CCS(=O)(=O)C3)s2)cc1. The summed E-state index contributed by atoms with van der Waals surface area (Å²) in [6.07, 6.45) is 0.454. The number of amides is 1. The number of carbonyl (C=O) groups excluding carboxylic acids is 1. The Labute approximate surface area is 160 Å². The number of hydrogen-bond donors (Lipinski definition) is 2. The van der Waals surface area contributed by atoms with Crippen LogP contribution >= 0.6 is 23.1 Å². The number of rotatable bonds is 6. The molecule has 1 aliphatic rings. The summed E-state index contributed by atoms with van der Waals surface area (Å²) in [6.45, 7) is 3.80. The maximum atomic E-state index is 12.1. The first kappa shape index (κ1) is 19.1. The van der Waals surface area contributed by atoms with Crippen LogP contribution in [0.5, 0.6) is 0 Å². The lowest BCUT2D eigenvalue weighted by Crippen LogP contribution is -2.47. The van der Waals surface area contributed by atoms with Crippen LogP contribution < -0.4 is 10.6 Å². The molecule has 1 aliphatic heterocycles. The average molecular weight is 413 g/mol. The van der Waals surface area contributed by atoms with Crippen molar-refractivity contribution < 1.29 is 13.2 Å². The Morgan fingerprint density at radius 2 is 2.04 bits per heavy atom. The number of nitrogens with one attached hydrogen (secondary N) is 2. The summed E-state index contributed by atoms with van der Waals surface area (Å²) >= 11 is 2.66. The first-order valence-corrected chi connectivity index (χ1v) is 11.7. The van der Waals surface area contributed by atoms with Gasteiger partial charge in [-0.2, -0.15) is 0 Å². The molecule has 0 bridgehead atoms. The van der Waals surface area contributed by atoms with E-state index in [1.54, 1.807) is 6.92 Å². The molecule has 3 rings (SSSR count). The van der Waals surface area contributed by atoms with Crippen LogP contribution in [-0.2, 0) is 14.6 Å². The molecule has 1 fully saturated rings. The van der Waals surface area contributed by atoms with Crippen LogP contribution in [0.25, 0.3) is 0 Å². The van der Waals surface area contributed by atoms with Crippen molar-refractivity contribution >= 4 is 49.7 Å². The van der Waals surface area contributed by atoms with Crippen LogP contribution in [0.3, 0.4) is 0 Å². The molecule has 10 heteroatoms. The third kappa shape index (κ3) is 5.18. The molecule has 0 saturated carbocycles. The number of anilines is 2. The van der Waals surface area contributed by atoms with Gasteiger partial charge in [0.2, 0.25) is 11.0 Å². The third-order valence-electron chi connectivity index (χ3n) is 3.98. The van der Waals surface area contributed by atoms with Crippen LogP contribution in [0.2, 0.25) is 0 Å². The Hall–Kier alpha value is -1.65. The molecule has 2 N–H and O–H groups in total. The molecule has 7 nitrogen and oxygen atoms in total. The molecule has 1 aromatic carbocycles. The number of sulfone groups is 1. The lowest BCUT2D eigenvalue weighted by Gasteiger charge is -2.23. The van der Waals surface area contributed by atoms with Crippen molar-refractivity contribution in [3.05, 3.63) is 29.8 Å². The minimum atomic E-state index is -3.05. The number of carbonyl (C=O) groups is 1. The summed E-state index contributed by atoms with van der Waals surface area (Å²) in [5, 5.41) is 14.8. The summed E-state index contributed by atoms with van der Waals surface area (Å²) in [5.74, 6) is 0.105. The number of thioether (sulfide) groups is 1. The first-order chi connectivity index (χ1) is 12.2. The molecule has 1 aromatic heterocycles. The van der Waals surface area contributed by atoms with Crippen molar-refractivity contribution in [3.63, 3.8) is 0 Å². The lowest BCUT2D eigenvalue weighted by atomic mass is 10.0. The largest absolute Gasteiger partial charge is 0.349 e. The van der Waals surface area contributed by atoms with E-state index in [0.29, 0.717) is 15.9 Å². The standard InChI is InChI=1S/C16H20N4O3S3/c1-11-3-5-12(6-4-11)17-14-19-20-15(25-14)24-9-13(21)18-16(2)7-8-26(22,23)10-16/h3-6H,7-10H2,1-2H3,(H,17,19)(H,18,21)/t16-/m0/s1. The molecule has 1 amide bonds. The smallest absolute Gasteiger partial charge is 0.230 e. The highest BCUT2D eigenvalue weighted by Gasteiger charge is 2.39. The molecule has 0 radical (unpaired) electrons. The van der Waals surface area contributed by atoms with Gasteiger partial charge in [-0.15, -0.1) is 10.2 Å². The van der Waals surface area contributed by atoms with E-state index in [-0.39, 0.29) is 23.2 Å². The molecular weight excluding hydrogens is 392 g/mol. The Morgan fingerprint density at radius 3 is 2.69 bits per heavy atom. The fraction of sp³-hybridized carbons (Fsp3) is 0.438. The van der Waals surface area contributed by atoms with Crippen molar-refractivity contribution in [3.8, 4) is 0 Å². The summed E-state index contributed by atoms with van der Waals surface area (Å²) in [6, 6.07) is 7.95. The maximum absolute atomic E-state index is 12.1. The van der Waals surface area contributed by atoms with Gasteiger partial charge in [0.05, 0.1) is 22.8 Å². The van der Waals surface area contributed by atoms with E-state index in [2.05, 4.69) is 20.8 Å². The summed E-state index contributed by atoms with van der Waals surface area (Å²) in [4.78, 5) is 12.1. The molecule has 140 valence electrons. The van der Waals surface area contributed by atoms with Gasteiger partial charge in [-0.3, -0.25) is 4.79 Å². The van der Waals surface area contributed by atoms with Crippen molar-refractivity contribution in [2.24, 2.45) is 0 Å². The van der Waals surface area contributed by atoms with E-state index in [9.17, 15) is 13.2 Å². The van der Waals surface area contributed by atoms with E-state index >= 15 is 0 Å². The van der Waals surface area contributed by atoms with Crippen molar-refractivity contribution in [1.82, 2.24) is 15.5 Å². The van der Waals surface area contributed by atoms with Crippen molar-refractivity contribution in [2.75, 3.05) is 22.6 Å². The van der Waals surface area contributed by atoms with Crippen molar-refractivity contribution in [1.29, 1.82) is 0 Å². The molecule has 2 heterocycles. The second-order valence-electron chi connectivity index (χ2n) is 6.60. The highest BCUT2D eigenvalue weighted by Crippen LogP contribution is 2.28. The molecule has 0 spiro atoms.